The van der Waals surface area contributed by atoms with Crippen LogP contribution >= 0.6 is 0 Å². The number of alkyl halides is 4. The predicted molar refractivity (Wildman–Crippen MR) is 121 cm³/mol. The maximum atomic E-state index is 14.9. The lowest BCUT2D eigenvalue weighted by Crippen LogP contribution is -2.55. The smallest absolute Gasteiger partial charge is 0.406 e. The zero-order valence-corrected chi connectivity index (χ0v) is 19.1. The quantitative estimate of drug-likeness (QED) is 0.541. The van der Waals surface area contributed by atoms with Crippen molar-refractivity contribution in [2.45, 2.75) is 63.2 Å². The van der Waals surface area contributed by atoms with Gasteiger partial charge in [0.15, 0.2) is 5.82 Å². The summed E-state index contributed by atoms with van der Waals surface area (Å²) >= 11 is 0. The minimum absolute atomic E-state index is 0.101. The van der Waals surface area contributed by atoms with Crippen molar-refractivity contribution in [2.24, 2.45) is 0 Å². The van der Waals surface area contributed by atoms with E-state index in [9.17, 15) is 27.5 Å². The van der Waals surface area contributed by atoms with Crippen LogP contribution in [0, 0.1) is 6.92 Å². The molecule has 4 atom stereocenters. The fourth-order valence-corrected chi connectivity index (χ4v) is 5.11. The number of benzene rings is 1. The minimum Gasteiger partial charge on any atom is -0.507 e. The molecule has 8 nitrogen and oxygen atoms in total. The van der Waals surface area contributed by atoms with Crippen molar-refractivity contribution < 1.29 is 22.7 Å². The van der Waals surface area contributed by atoms with Gasteiger partial charge in [0.1, 0.15) is 24.3 Å². The van der Waals surface area contributed by atoms with E-state index >= 15 is 0 Å². The SMILES string of the molecule is Cc1nc2cc(-c3ccc(N(C)[C@H]4CC5CCC(N5)[C@H]4F)nn3)c(O)cc2c(=O)n1CC(F)(F)F. The summed E-state index contributed by atoms with van der Waals surface area (Å²) < 4.78 is 54.0. The van der Waals surface area contributed by atoms with E-state index in [0.29, 0.717) is 16.8 Å². The summed E-state index contributed by atoms with van der Waals surface area (Å²) in [4.78, 5) is 18.5. The molecule has 1 aromatic carbocycles. The Labute approximate surface area is 197 Å². The van der Waals surface area contributed by atoms with E-state index in [-0.39, 0.29) is 51.9 Å². The molecule has 0 radical (unpaired) electrons. The molecule has 2 fully saturated rings. The van der Waals surface area contributed by atoms with Crippen molar-refractivity contribution >= 4 is 16.7 Å². The average Bonchev–Trinajstić information content (AvgIpc) is 3.22. The van der Waals surface area contributed by atoms with Crippen LogP contribution in [0.1, 0.15) is 25.1 Å². The number of rotatable bonds is 4. The van der Waals surface area contributed by atoms with Crippen LogP contribution in [0.15, 0.2) is 29.1 Å². The molecule has 2 N–H and O–H groups in total. The van der Waals surface area contributed by atoms with Crippen LogP contribution in [0.2, 0.25) is 0 Å². The summed E-state index contributed by atoms with van der Waals surface area (Å²) in [5, 5.41) is 22.1. The number of fused-ring (bicyclic) bond motifs is 3. The molecule has 12 heteroatoms. The fraction of sp³-hybridized carbons (Fsp3) is 0.478. The van der Waals surface area contributed by atoms with E-state index in [0.717, 1.165) is 18.9 Å². The fourth-order valence-electron chi connectivity index (χ4n) is 5.11. The molecule has 2 unspecified atom stereocenters. The molecular weight excluding hydrogens is 468 g/mol. The van der Waals surface area contributed by atoms with Crippen molar-refractivity contribution in [3.05, 3.63) is 40.4 Å². The van der Waals surface area contributed by atoms with Crippen LogP contribution in [0.4, 0.5) is 23.4 Å². The Hall–Kier alpha value is -3.28. The third kappa shape index (κ3) is 4.30. The Morgan fingerprint density at radius 1 is 1.23 bits per heavy atom. The first-order chi connectivity index (χ1) is 16.5. The van der Waals surface area contributed by atoms with Gasteiger partial charge >= 0.3 is 6.18 Å². The van der Waals surface area contributed by atoms with E-state index in [1.807, 2.05) is 0 Å². The number of piperidine rings is 1. The molecular formula is C23H24F4N6O2. The van der Waals surface area contributed by atoms with Gasteiger partial charge in [-0.05, 0) is 50.5 Å². The van der Waals surface area contributed by atoms with Gasteiger partial charge in [-0.25, -0.2) is 9.37 Å². The summed E-state index contributed by atoms with van der Waals surface area (Å²) in [5.74, 6) is 0.0381. The molecule has 2 aliphatic heterocycles. The number of phenolic OH excluding ortho intramolecular Hbond substituents is 1. The molecule has 4 heterocycles. The van der Waals surface area contributed by atoms with Gasteiger partial charge < -0.3 is 15.3 Å². The van der Waals surface area contributed by atoms with Crippen LogP contribution in [0.25, 0.3) is 22.2 Å². The largest absolute Gasteiger partial charge is 0.507 e. The number of phenols is 1. The first-order valence-electron chi connectivity index (χ1n) is 11.3. The first kappa shape index (κ1) is 23.5. The molecule has 3 aromatic rings. The Morgan fingerprint density at radius 3 is 2.69 bits per heavy atom. The lowest BCUT2D eigenvalue weighted by Gasteiger charge is -2.38. The van der Waals surface area contributed by atoms with E-state index in [4.69, 9.17) is 0 Å². The van der Waals surface area contributed by atoms with Gasteiger partial charge in [0, 0.05) is 24.7 Å². The minimum atomic E-state index is -4.59. The standard InChI is InChI=1S/C23H24F4N6O2/c1-11-28-17-8-13(19(34)9-14(17)22(35)33(11)10-23(25,26)27)15-5-6-20(31-30-15)32(2)18-7-12-3-4-16(29-12)21(18)24/h5-6,8-9,12,16,18,21,29,34H,3-4,7,10H2,1-2H3/t12?,16?,18-,21+/m0/s1. The number of halogens is 4. The Kier molecular flexibility index (Phi) is 5.65. The van der Waals surface area contributed by atoms with Crippen LogP contribution in [-0.2, 0) is 6.54 Å². The lowest BCUT2D eigenvalue weighted by molar-refractivity contribution is -0.141. The molecule has 2 bridgehead atoms. The van der Waals surface area contributed by atoms with Gasteiger partial charge in [-0.3, -0.25) is 9.36 Å². The van der Waals surface area contributed by atoms with Crippen LogP contribution in [-0.4, -0.2) is 62.4 Å². The number of aryl methyl sites for hydroxylation is 1. The predicted octanol–water partition coefficient (Wildman–Crippen LogP) is 3.10. The van der Waals surface area contributed by atoms with Crippen LogP contribution in [0.5, 0.6) is 5.75 Å². The lowest BCUT2D eigenvalue weighted by atomic mass is 9.96. The molecule has 0 spiro atoms. The number of aromatic nitrogens is 4. The van der Waals surface area contributed by atoms with Gasteiger partial charge in [-0.1, -0.05) is 0 Å². The molecule has 186 valence electrons. The number of hydrogen-bond donors (Lipinski definition) is 2. The highest BCUT2D eigenvalue weighted by Crippen LogP contribution is 2.34. The number of nitrogens with one attached hydrogen (secondary N) is 1. The van der Waals surface area contributed by atoms with E-state index in [1.54, 1.807) is 24.1 Å². The highest BCUT2D eigenvalue weighted by molar-refractivity contribution is 5.86. The van der Waals surface area contributed by atoms with Gasteiger partial charge in [-0.15, -0.1) is 10.2 Å². The van der Waals surface area contributed by atoms with E-state index in [1.165, 1.54) is 13.0 Å². The second kappa shape index (κ2) is 8.43. The highest BCUT2D eigenvalue weighted by atomic mass is 19.4. The summed E-state index contributed by atoms with van der Waals surface area (Å²) in [7, 11) is 1.78. The zero-order valence-electron chi connectivity index (χ0n) is 19.1. The Bertz CT molecular complexity index is 1330. The van der Waals surface area contributed by atoms with Gasteiger partial charge in [-0.2, -0.15) is 13.2 Å². The molecule has 35 heavy (non-hydrogen) atoms. The molecule has 2 saturated heterocycles. The third-order valence-corrected chi connectivity index (χ3v) is 6.94. The maximum absolute atomic E-state index is 14.9. The Balaban J connectivity index is 1.45. The second-order valence-electron chi connectivity index (χ2n) is 9.23. The normalized spacial score (nSPS) is 24.2. The number of hydrogen-bond acceptors (Lipinski definition) is 7. The molecule has 0 amide bonds. The first-order valence-corrected chi connectivity index (χ1v) is 11.3. The maximum Gasteiger partial charge on any atom is 0.406 e. The summed E-state index contributed by atoms with van der Waals surface area (Å²) in [6, 6.07) is 5.58. The molecule has 2 aliphatic rings. The van der Waals surface area contributed by atoms with Crippen molar-refractivity contribution in [3.8, 4) is 17.0 Å². The van der Waals surface area contributed by atoms with Gasteiger partial charge in [0.25, 0.3) is 5.56 Å². The molecule has 2 aromatic heterocycles. The molecule has 0 aliphatic carbocycles. The molecule has 5 rings (SSSR count). The van der Waals surface area contributed by atoms with E-state index < -0.39 is 24.5 Å². The monoisotopic (exact) mass is 492 g/mol. The topological polar surface area (TPSA) is 96.2 Å². The van der Waals surface area contributed by atoms with Crippen molar-refractivity contribution in [1.82, 2.24) is 25.1 Å². The van der Waals surface area contributed by atoms with E-state index in [2.05, 4.69) is 20.5 Å². The number of anilines is 1. The van der Waals surface area contributed by atoms with Crippen LogP contribution < -0.4 is 15.8 Å². The van der Waals surface area contributed by atoms with Gasteiger partial charge in [0.05, 0.1) is 22.6 Å². The zero-order chi connectivity index (χ0) is 25.1. The van der Waals surface area contributed by atoms with Crippen molar-refractivity contribution in [1.29, 1.82) is 0 Å². The van der Waals surface area contributed by atoms with Crippen molar-refractivity contribution in [3.63, 3.8) is 0 Å². The number of nitrogens with zero attached hydrogens (tertiary/aromatic N) is 5. The summed E-state index contributed by atoms with van der Waals surface area (Å²) in [6.07, 6.45) is -3.18. The Morgan fingerprint density at radius 2 is 2.00 bits per heavy atom. The molecule has 0 saturated carbocycles. The number of aromatic hydroxyl groups is 1. The summed E-state index contributed by atoms with van der Waals surface area (Å²) in [5.41, 5.74) is -0.261. The van der Waals surface area contributed by atoms with Crippen molar-refractivity contribution in [2.75, 3.05) is 11.9 Å². The highest BCUT2D eigenvalue weighted by Gasteiger charge is 2.43. The van der Waals surface area contributed by atoms with Gasteiger partial charge in [0.2, 0.25) is 0 Å². The van der Waals surface area contributed by atoms with Crippen LogP contribution in [0.3, 0.4) is 0 Å². The third-order valence-electron chi connectivity index (χ3n) is 6.94. The second-order valence-corrected chi connectivity index (χ2v) is 9.23. The summed E-state index contributed by atoms with van der Waals surface area (Å²) in [6.45, 7) is -0.156. The average molecular weight is 492 g/mol.